The largest absolute Gasteiger partial charge is 0.367 e. The van der Waals surface area contributed by atoms with Gasteiger partial charge in [-0.2, -0.15) is 5.43 Å². The van der Waals surface area contributed by atoms with Crippen LogP contribution in [0.5, 0.6) is 0 Å². The molecule has 1 aliphatic rings. The summed E-state index contributed by atoms with van der Waals surface area (Å²) in [5.74, 6) is 0.865. The van der Waals surface area contributed by atoms with Gasteiger partial charge >= 0.3 is 5.96 Å². The molecule has 3 N–H and O–H groups in total. The minimum atomic E-state index is 0.736. The molecule has 0 unspecified atom stereocenters. The predicted octanol–water partition coefficient (Wildman–Crippen LogP) is 0.0835. The second kappa shape index (κ2) is 5.68. The summed E-state index contributed by atoms with van der Waals surface area (Å²) in [4.78, 5) is 3.20. The lowest BCUT2D eigenvalue weighted by Crippen LogP contribution is -2.81. The molecule has 0 saturated heterocycles. The maximum absolute atomic E-state index is 5.84. The van der Waals surface area contributed by atoms with Gasteiger partial charge in [0.2, 0.25) is 0 Å². The number of guanidine groups is 1. The third kappa shape index (κ3) is 3.46. The number of hydrogen-bond acceptors (Lipinski definition) is 3. The molecule has 0 saturated carbocycles. The third-order valence-corrected chi connectivity index (χ3v) is 2.81. The minimum Gasteiger partial charge on any atom is -0.276 e. The Balaban J connectivity index is 2.01. The molecule has 0 spiro atoms. The number of hydrogen-bond donors (Lipinski definition) is 3. The molecule has 0 amide bonds. The number of hydrazone groups is 1. The van der Waals surface area contributed by atoms with Crippen LogP contribution in [0.3, 0.4) is 0 Å². The molecule has 0 aromatic heterocycles. The average molecular weight is 252 g/mol. The second-order valence-corrected chi connectivity index (χ2v) is 4.33. The first-order chi connectivity index (χ1) is 8.25. The highest BCUT2D eigenvalue weighted by molar-refractivity contribution is 6.30. The molecule has 1 aliphatic heterocycles. The molecular weight excluding hydrogens is 236 g/mol. The molecule has 0 atom stereocenters. The van der Waals surface area contributed by atoms with Gasteiger partial charge in [-0.05, 0) is 24.6 Å². The lowest BCUT2D eigenvalue weighted by atomic mass is 10.1. The predicted molar refractivity (Wildman–Crippen MR) is 70.3 cm³/mol. The molecule has 5 heteroatoms. The summed E-state index contributed by atoms with van der Waals surface area (Å²) in [5.41, 5.74) is 4.96. The van der Waals surface area contributed by atoms with E-state index in [1.807, 2.05) is 31.2 Å². The summed E-state index contributed by atoms with van der Waals surface area (Å²) in [7, 11) is 0. The Morgan fingerprint density at radius 2 is 2.18 bits per heavy atom. The van der Waals surface area contributed by atoms with Gasteiger partial charge in [-0.25, -0.2) is 0 Å². The summed E-state index contributed by atoms with van der Waals surface area (Å²) in [6.45, 7) is 3.91. The molecule has 0 fully saturated rings. The van der Waals surface area contributed by atoms with Gasteiger partial charge in [0.25, 0.3) is 0 Å². The fourth-order valence-corrected chi connectivity index (χ4v) is 1.68. The fraction of sp³-hybridized carbons (Fsp3) is 0.333. The third-order valence-electron chi connectivity index (χ3n) is 2.55. The van der Waals surface area contributed by atoms with Crippen LogP contribution in [0.4, 0.5) is 0 Å². The van der Waals surface area contributed by atoms with E-state index in [-0.39, 0.29) is 0 Å². The van der Waals surface area contributed by atoms with E-state index in [1.165, 1.54) is 0 Å². The van der Waals surface area contributed by atoms with Crippen LogP contribution >= 0.6 is 11.6 Å². The van der Waals surface area contributed by atoms with Crippen LogP contribution in [0.25, 0.3) is 0 Å². The van der Waals surface area contributed by atoms with Crippen molar-refractivity contribution in [2.45, 2.75) is 13.3 Å². The minimum absolute atomic E-state index is 0.736. The van der Waals surface area contributed by atoms with E-state index in [9.17, 15) is 0 Å². The average Bonchev–Trinajstić information content (AvgIpc) is 2.38. The van der Waals surface area contributed by atoms with E-state index in [4.69, 9.17) is 11.6 Å². The number of halogens is 1. The number of rotatable bonds is 2. The Kier molecular flexibility index (Phi) is 3.98. The maximum atomic E-state index is 5.84. The van der Waals surface area contributed by atoms with E-state index >= 15 is 0 Å². The molecule has 0 aliphatic carbocycles. The van der Waals surface area contributed by atoms with Crippen LogP contribution in [-0.2, 0) is 0 Å². The first-order valence-corrected chi connectivity index (χ1v) is 6.04. The van der Waals surface area contributed by atoms with Crippen molar-refractivity contribution in [3.8, 4) is 0 Å². The zero-order chi connectivity index (χ0) is 12.1. The standard InChI is InChI=1S/C12H15ClN4/c1-9(10-3-5-11(13)6-4-10)16-17-12-14-7-2-8-15-12/h3-6H,2,7-8H2,1H3,(H2,14,15,17)/p+1. The van der Waals surface area contributed by atoms with Crippen LogP contribution in [-0.4, -0.2) is 24.8 Å². The fourth-order valence-electron chi connectivity index (χ4n) is 1.55. The van der Waals surface area contributed by atoms with E-state index in [1.54, 1.807) is 0 Å². The molecule has 2 rings (SSSR count). The van der Waals surface area contributed by atoms with Crippen molar-refractivity contribution < 1.29 is 4.99 Å². The van der Waals surface area contributed by atoms with Crippen molar-refractivity contribution >= 4 is 23.3 Å². The number of nitrogens with one attached hydrogen (secondary N) is 3. The van der Waals surface area contributed by atoms with Crippen molar-refractivity contribution in [1.29, 1.82) is 0 Å². The van der Waals surface area contributed by atoms with Gasteiger partial charge in [0, 0.05) is 11.4 Å². The highest BCUT2D eigenvalue weighted by Gasteiger charge is 2.09. The topological polar surface area (TPSA) is 50.4 Å². The van der Waals surface area contributed by atoms with Crippen LogP contribution in [0.2, 0.25) is 5.02 Å². The molecule has 0 bridgehead atoms. The first-order valence-electron chi connectivity index (χ1n) is 5.66. The summed E-state index contributed by atoms with van der Waals surface area (Å²) in [6.07, 6.45) is 1.13. The van der Waals surface area contributed by atoms with Gasteiger partial charge in [-0.3, -0.25) is 10.3 Å². The van der Waals surface area contributed by atoms with Crippen LogP contribution < -0.4 is 15.7 Å². The Labute approximate surface area is 106 Å². The van der Waals surface area contributed by atoms with Gasteiger partial charge in [-0.15, -0.1) is 5.10 Å². The normalized spacial score (nSPS) is 16.1. The lowest BCUT2D eigenvalue weighted by Gasteiger charge is -2.07. The summed E-state index contributed by atoms with van der Waals surface area (Å²) in [6, 6.07) is 7.63. The molecular formula is C12H16ClN4+. The van der Waals surface area contributed by atoms with Crippen LogP contribution in [0, 0.1) is 0 Å². The highest BCUT2D eigenvalue weighted by Crippen LogP contribution is 2.09. The van der Waals surface area contributed by atoms with Crippen molar-refractivity contribution in [2.75, 3.05) is 13.1 Å². The molecule has 1 aromatic carbocycles. The lowest BCUT2D eigenvalue weighted by molar-refractivity contribution is -0.466. The molecule has 0 radical (unpaired) electrons. The van der Waals surface area contributed by atoms with Crippen LogP contribution in [0.15, 0.2) is 29.4 Å². The van der Waals surface area contributed by atoms with E-state index in [0.29, 0.717) is 0 Å². The van der Waals surface area contributed by atoms with E-state index < -0.39 is 0 Å². The molecule has 90 valence electrons. The van der Waals surface area contributed by atoms with Crippen molar-refractivity contribution in [2.24, 2.45) is 5.10 Å². The summed E-state index contributed by atoms with van der Waals surface area (Å²) < 4.78 is 0. The summed E-state index contributed by atoms with van der Waals surface area (Å²) >= 11 is 5.84. The zero-order valence-electron chi connectivity index (χ0n) is 9.76. The first kappa shape index (κ1) is 11.9. The Bertz CT molecular complexity index is 436. The molecule has 17 heavy (non-hydrogen) atoms. The molecule has 1 heterocycles. The highest BCUT2D eigenvalue weighted by atomic mass is 35.5. The van der Waals surface area contributed by atoms with Gasteiger partial charge in [0.1, 0.15) is 0 Å². The van der Waals surface area contributed by atoms with Gasteiger partial charge in [0.05, 0.1) is 18.8 Å². The Morgan fingerprint density at radius 1 is 1.41 bits per heavy atom. The number of benzene rings is 1. The number of nitrogens with zero attached hydrogens (tertiary/aromatic N) is 1. The monoisotopic (exact) mass is 251 g/mol. The SMILES string of the molecule is CC(=NNC1=[NH+]CCCN1)c1ccc(Cl)cc1. The Hall–Kier alpha value is -1.55. The smallest absolute Gasteiger partial charge is 0.276 e. The quantitative estimate of drug-likeness (QED) is 0.515. The summed E-state index contributed by atoms with van der Waals surface area (Å²) in [5, 5.41) is 8.25. The van der Waals surface area contributed by atoms with Gasteiger partial charge in [-0.1, -0.05) is 23.7 Å². The molecule has 1 aromatic rings. The maximum Gasteiger partial charge on any atom is 0.367 e. The van der Waals surface area contributed by atoms with E-state index in [0.717, 1.165) is 41.8 Å². The van der Waals surface area contributed by atoms with Crippen molar-refractivity contribution in [1.82, 2.24) is 10.7 Å². The van der Waals surface area contributed by atoms with E-state index in [2.05, 4.69) is 20.8 Å². The van der Waals surface area contributed by atoms with Crippen LogP contribution in [0.1, 0.15) is 18.9 Å². The Morgan fingerprint density at radius 3 is 2.82 bits per heavy atom. The van der Waals surface area contributed by atoms with Crippen molar-refractivity contribution in [3.63, 3.8) is 0 Å². The zero-order valence-corrected chi connectivity index (χ0v) is 10.5. The van der Waals surface area contributed by atoms with Gasteiger partial charge in [0.15, 0.2) is 0 Å². The van der Waals surface area contributed by atoms with Gasteiger partial charge < -0.3 is 0 Å². The van der Waals surface area contributed by atoms with Crippen molar-refractivity contribution in [3.05, 3.63) is 34.9 Å². The second-order valence-electron chi connectivity index (χ2n) is 3.90. The molecule has 4 nitrogen and oxygen atoms in total.